The van der Waals surface area contributed by atoms with Gasteiger partial charge in [0, 0.05) is 13.5 Å². The van der Waals surface area contributed by atoms with E-state index in [9.17, 15) is 4.79 Å². The number of hydrogen-bond donors (Lipinski definition) is 1. The summed E-state index contributed by atoms with van der Waals surface area (Å²) in [5.74, 6) is -0.285. The lowest BCUT2D eigenvalue weighted by atomic mass is 10.2. The summed E-state index contributed by atoms with van der Waals surface area (Å²) in [6, 6.07) is 0. The van der Waals surface area contributed by atoms with Crippen molar-refractivity contribution in [1.29, 1.82) is 0 Å². The molecule has 70 valence electrons. The highest BCUT2D eigenvalue weighted by molar-refractivity contribution is 5.65. The molecule has 1 heterocycles. The van der Waals surface area contributed by atoms with Crippen LogP contribution >= 0.6 is 0 Å². The van der Waals surface area contributed by atoms with Gasteiger partial charge < -0.3 is 10.6 Å². The zero-order valence-electron chi connectivity index (χ0n) is 7.45. The zero-order chi connectivity index (χ0) is 8.97. The molecule has 0 saturated carbocycles. The van der Waals surface area contributed by atoms with E-state index < -0.39 is 0 Å². The van der Waals surface area contributed by atoms with Crippen molar-refractivity contribution < 1.29 is 9.63 Å². The average molecular weight is 172 g/mol. The maximum Gasteiger partial charge on any atom is 0.322 e. The van der Waals surface area contributed by atoms with Crippen LogP contribution in [0.15, 0.2) is 0 Å². The van der Waals surface area contributed by atoms with Gasteiger partial charge in [0.25, 0.3) is 0 Å². The van der Waals surface area contributed by atoms with Gasteiger partial charge in [-0.25, -0.2) is 0 Å². The van der Waals surface area contributed by atoms with Crippen LogP contribution in [0.2, 0.25) is 0 Å². The smallest absolute Gasteiger partial charge is 0.322 e. The van der Waals surface area contributed by atoms with Crippen LogP contribution < -0.4 is 5.73 Å². The van der Waals surface area contributed by atoms with Crippen molar-refractivity contribution in [2.75, 3.05) is 6.54 Å². The molecule has 0 spiro atoms. The van der Waals surface area contributed by atoms with E-state index in [1.54, 1.807) is 5.06 Å². The molecule has 1 rings (SSSR count). The van der Waals surface area contributed by atoms with Crippen molar-refractivity contribution in [2.24, 2.45) is 5.73 Å². The fourth-order valence-corrected chi connectivity index (χ4v) is 1.39. The van der Waals surface area contributed by atoms with Crippen molar-refractivity contribution in [3.8, 4) is 0 Å². The lowest BCUT2D eigenvalue weighted by Crippen LogP contribution is -2.42. The van der Waals surface area contributed by atoms with Gasteiger partial charge in [-0.15, -0.1) is 5.06 Å². The zero-order valence-corrected chi connectivity index (χ0v) is 7.45. The molecule has 1 unspecified atom stereocenters. The van der Waals surface area contributed by atoms with Crippen molar-refractivity contribution in [1.82, 2.24) is 5.06 Å². The monoisotopic (exact) mass is 172 g/mol. The van der Waals surface area contributed by atoms with Crippen LogP contribution in [0.5, 0.6) is 0 Å². The SMILES string of the molecule is CC(=O)ON1CCCCCC1N. The Balaban J connectivity index is 2.41. The second-order valence-electron chi connectivity index (χ2n) is 3.14. The third-order valence-electron chi connectivity index (χ3n) is 1.99. The molecule has 2 N–H and O–H groups in total. The van der Waals surface area contributed by atoms with E-state index in [0.29, 0.717) is 0 Å². The second-order valence-corrected chi connectivity index (χ2v) is 3.14. The van der Waals surface area contributed by atoms with E-state index in [0.717, 1.165) is 25.8 Å². The fourth-order valence-electron chi connectivity index (χ4n) is 1.39. The fraction of sp³-hybridized carbons (Fsp3) is 0.875. The molecule has 4 nitrogen and oxygen atoms in total. The standard InChI is InChI=1S/C8H16N2O2/c1-7(11)12-10-6-4-2-3-5-8(10)9/h8H,2-6,9H2,1H3. The van der Waals surface area contributed by atoms with E-state index in [4.69, 9.17) is 10.6 Å². The number of carbonyl (C=O) groups is 1. The first-order chi connectivity index (χ1) is 5.70. The summed E-state index contributed by atoms with van der Waals surface area (Å²) in [7, 11) is 0. The molecule has 1 atom stereocenters. The van der Waals surface area contributed by atoms with E-state index in [1.165, 1.54) is 13.3 Å². The van der Waals surface area contributed by atoms with Gasteiger partial charge >= 0.3 is 5.97 Å². The quantitative estimate of drug-likeness (QED) is 0.630. The molecule has 1 saturated heterocycles. The number of carbonyl (C=O) groups excluding carboxylic acids is 1. The third kappa shape index (κ3) is 2.79. The van der Waals surface area contributed by atoms with Crippen LogP contribution in [0, 0.1) is 0 Å². The first-order valence-corrected chi connectivity index (χ1v) is 4.41. The van der Waals surface area contributed by atoms with Gasteiger partial charge in [-0.3, -0.25) is 4.79 Å². The minimum atomic E-state index is -0.285. The number of nitrogens with zero attached hydrogens (tertiary/aromatic N) is 1. The number of hydrogen-bond acceptors (Lipinski definition) is 4. The Kier molecular flexibility index (Phi) is 3.49. The van der Waals surface area contributed by atoms with Crippen molar-refractivity contribution in [3.05, 3.63) is 0 Å². The Morgan fingerprint density at radius 2 is 2.25 bits per heavy atom. The highest BCUT2D eigenvalue weighted by Gasteiger charge is 2.19. The Bertz CT molecular complexity index is 161. The van der Waals surface area contributed by atoms with Gasteiger partial charge in [0.05, 0.1) is 6.17 Å². The minimum absolute atomic E-state index is 0.114. The maximum absolute atomic E-state index is 10.7. The predicted molar refractivity (Wildman–Crippen MR) is 44.9 cm³/mol. The minimum Gasteiger partial charge on any atom is -0.367 e. The molecule has 12 heavy (non-hydrogen) atoms. The molecular formula is C8H16N2O2. The van der Waals surface area contributed by atoms with Gasteiger partial charge in [-0.1, -0.05) is 12.8 Å². The van der Waals surface area contributed by atoms with Crippen LogP contribution in [0.3, 0.4) is 0 Å². The molecule has 0 aromatic rings. The van der Waals surface area contributed by atoms with Crippen LogP contribution in [0.4, 0.5) is 0 Å². The molecule has 0 bridgehead atoms. The summed E-state index contributed by atoms with van der Waals surface area (Å²) < 4.78 is 0. The maximum atomic E-state index is 10.7. The van der Waals surface area contributed by atoms with E-state index >= 15 is 0 Å². The molecule has 0 aromatic heterocycles. The van der Waals surface area contributed by atoms with Gasteiger partial charge in [-0.2, -0.15) is 0 Å². The van der Waals surface area contributed by atoms with Crippen LogP contribution in [-0.2, 0) is 9.63 Å². The summed E-state index contributed by atoms with van der Waals surface area (Å²) in [5, 5.41) is 1.59. The Morgan fingerprint density at radius 1 is 1.50 bits per heavy atom. The van der Waals surface area contributed by atoms with E-state index in [2.05, 4.69) is 0 Å². The molecule has 0 amide bonds. The van der Waals surface area contributed by atoms with Gasteiger partial charge in [0.15, 0.2) is 0 Å². The largest absolute Gasteiger partial charge is 0.367 e. The lowest BCUT2D eigenvalue weighted by molar-refractivity contribution is -0.198. The summed E-state index contributed by atoms with van der Waals surface area (Å²) >= 11 is 0. The number of nitrogens with two attached hydrogens (primary N) is 1. The summed E-state index contributed by atoms with van der Waals surface area (Å²) in [4.78, 5) is 15.6. The molecule has 1 aliphatic heterocycles. The normalized spacial score (nSPS) is 26.3. The highest BCUT2D eigenvalue weighted by atomic mass is 16.7. The molecule has 1 aliphatic rings. The van der Waals surface area contributed by atoms with Crippen molar-refractivity contribution in [3.63, 3.8) is 0 Å². The molecule has 1 fully saturated rings. The number of hydroxylamine groups is 2. The van der Waals surface area contributed by atoms with Gasteiger partial charge in [0.1, 0.15) is 0 Å². The highest BCUT2D eigenvalue weighted by Crippen LogP contribution is 2.13. The third-order valence-corrected chi connectivity index (χ3v) is 1.99. The predicted octanol–water partition coefficient (Wildman–Crippen LogP) is 0.625. The molecule has 0 aliphatic carbocycles. The van der Waals surface area contributed by atoms with Crippen molar-refractivity contribution >= 4 is 5.97 Å². The topological polar surface area (TPSA) is 55.6 Å². The van der Waals surface area contributed by atoms with Crippen LogP contribution in [0.1, 0.15) is 32.6 Å². The molecule has 0 radical (unpaired) electrons. The Labute approximate surface area is 72.6 Å². The number of rotatable bonds is 1. The van der Waals surface area contributed by atoms with Crippen LogP contribution in [0.25, 0.3) is 0 Å². The Morgan fingerprint density at radius 3 is 2.92 bits per heavy atom. The van der Waals surface area contributed by atoms with E-state index in [1.807, 2.05) is 0 Å². The second kappa shape index (κ2) is 4.42. The first kappa shape index (κ1) is 9.48. The lowest BCUT2D eigenvalue weighted by Gasteiger charge is -2.23. The summed E-state index contributed by atoms with van der Waals surface area (Å²) in [6.45, 7) is 2.17. The Hall–Kier alpha value is -0.610. The van der Waals surface area contributed by atoms with E-state index in [-0.39, 0.29) is 12.1 Å². The van der Waals surface area contributed by atoms with Crippen molar-refractivity contribution in [2.45, 2.75) is 38.8 Å². The molecule has 4 heteroatoms. The summed E-state index contributed by atoms with van der Waals surface area (Å²) in [6.07, 6.45) is 4.15. The molecular weight excluding hydrogens is 156 g/mol. The first-order valence-electron chi connectivity index (χ1n) is 4.41. The van der Waals surface area contributed by atoms with Gasteiger partial charge in [0.2, 0.25) is 0 Å². The average Bonchev–Trinajstić information content (AvgIpc) is 2.16. The van der Waals surface area contributed by atoms with Crippen LogP contribution in [-0.4, -0.2) is 23.7 Å². The molecule has 0 aromatic carbocycles. The summed E-state index contributed by atoms with van der Waals surface area (Å²) in [5.41, 5.74) is 5.78. The van der Waals surface area contributed by atoms with Gasteiger partial charge in [-0.05, 0) is 12.8 Å².